The van der Waals surface area contributed by atoms with Crippen LogP contribution in [0.3, 0.4) is 0 Å². The molecule has 0 fully saturated rings. The lowest BCUT2D eigenvalue weighted by molar-refractivity contribution is -0.384. The minimum absolute atomic E-state index is 0.0403. The normalized spacial score (nSPS) is 10.0. The second kappa shape index (κ2) is 7.55. The summed E-state index contributed by atoms with van der Waals surface area (Å²) in [6.07, 6.45) is 0.975. The van der Waals surface area contributed by atoms with Gasteiger partial charge in [-0.25, -0.2) is 0 Å². The Morgan fingerprint density at radius 1 is 1.22 bits per heavy atom. The van der Waals surface area contributed by atoms with E-state index in [1.54, 1.807) is 6.07 Å². The van der Waals surface area contributed by atoms with E-state index >= 15 is 0 Å². The first-order chi connectivity index (χ1) is 11.0. The molecule has 2 aromatic rings. The molecule has 2 N–H and O–H groups in total. The van der Waals surface area contributed by atoms with Gasteiger partial charge in [-0.2, -0.15) is 0 Å². The van der Waals surface area contributed by atoms with E-state index in [4.69, 9.17) is 17.0 Å². The van der Waals surface area contributed by atoms with Crippen LogP contribution in [0, 0.1) is 10.1 Å². The van der Waals surface area contributed by atoms with Crippen molar-refractivity contribution >= 4 is 34.4 Å². The van der Waals surface area contributed by atoms with Gasteiger partial charge in [0.15, 0.2) is 5.11 Å². The van der Waals surface area contributed by atoms with E-state index in [0.717, 1.165) is 12.1 Å². The zero-order valence-corrected chi connectivity index (χ0v) is 13.6. The Morgan fingerprint density at radius 3 is 2.48 bits per heavy atom. The van der Waals surface area contributed by atoms with Gasteiger partial charge in [-0.05, 0) is 42.4 Å². The number of benzene rings is 2. The smallest absolute Gasteiger partial charge is 0.273 e. The number of nitro groups is 1. The average molecular weight is 331 g/mol. The van der Waals surface area contributed by atoms with Crippen molar-refractivity contribution < 1.29 is 9.66 Å². The largest absolute Gasteiger partial charge is 0.494 e. The van der Waals surface area contributed by atoms with Crippen molar-refractivity contribution in [3.8, 4) is 5.75 Å². The maximum Gasteiger partial charge on any atom is 0.273 e. The van der Waals surface area contributed by atoms with Gasteiger partial charge < -0.3 is 15.4 Å². The number of nitrogens with one attached hydrogen (secondary N) is 2. The maximum atomic E-state index is 10.8. The number of non-ortho nitro benzene ring substituents is 1. The van der Waals surface area contributed by atoms with Gasteiger partial charge in [-0.1, -0.05) is 19.1 Å². The molecule has 0 saturated carbocycles. The first kappa shape index (κ1) is 16.7. The Morgan fingerprint density at radius 2 is 1.91 bits per heavy atom. The molecule has 2 rings (SSSR count). The van der Waals surface area contributed by atoms with Crippen LogP contribution >= 0.6 is 12.2 Å². The van der Waals surface area contributed by atoms with E-state index in [1.807, 2.05) is 24.3 Å². The second-order valence-electron chi connectivity index (χ2n) is 4.77. The number of aryl methyl sites for hydroxylation is 1. The molecular weight excluding hydrogens is 314 g/mol. The fourth-order valence-corrected chi connectivity index (χ4v) is 2.23. The molecule has 0 radical (unpaired) electrons. The summed E-state index contributed by atoms with van der Waals surface area (Å²) in [4.78, 5) is 10.3. The molecule has 120 valence electrons. The van der Waals surface area contributed by atoms with E-state index in [-0.39, 0.29) is 5.69 Å². The predicted octanol–water partition coefficient (Wildman–Crippen LogP) is 3.97. The molecule has 0 bridgehead atoms. The number of anilines is 2. The number of hydrogen-bond donors (Lipinski definition) is 2. The standard InChI is InChI=1S/C16H17N3O3S/c1-3-11-4-6-12(7-5-11)17-16(23)18-14-9-8-13(19(20)21)10-15(14)22-2/h4-10H,3H2,1-2H3,(H2,17,18,23). The van der Waals surface area contributed by atoms with Crippen LogP contribution < -0.4 is 15.4 Å². The quantitative estimate of drug-likeness (QED) is 0.490. The number of thiocarbonyl (C=S) groups is 1. The van der Waals surface area contributed by atoms with Gasteiger partial charge in [-0.15, -0.1) is 0 Å². The van der Waals surface area contributed by atoms with E-state index in [2.05, 4.69) is 17.6 Å². The summed E-state index contributed by atoms with van der Waals surface area (Å²) < 4.78 is 5.16. The van der Waals surface area contributed by atoms with E-state index in [9.17, 15) is 10.1 Å². The van der Waals surface area contributed by atoms with Crippen molar-refractivity contribution in [3.05, 3.63) is 58.1 Å². The lowest BCUT2D eigenvalue weighted by atomic mass is 10.1. The topological polar surface area (TPSA) is 76.4 Å². The van der Waals surface area contributed by atoms with Crippen molar-refractivity contribution in [2.75, 3.05) is 17.7 Å². The first-order valence-corrected chi connectivity index (χ1v) is 7.43. The fraction of sp³-hybridized carbons (Fsp3) is 0.188. The van der Waals surface area contributed by atoms with Gasteiger partial charge in [-0.3, -0.25) is 10.1 Å². The van der Waals surface area contributed by atoms with Crippen molar-refractivity contribution in [1.82, 2.24) is 0 Å². The molecule has 0 atom stereocenters. The Labute approximate surface area is 139 Å². The van der Waals surface area contributed by atoms with Crippen molar-refractivity contribution in [2.45, 2.75) is 13.3 Å². The summed E-state index contributed by atoms with van der Waals surface area (Å²) >= 11 is 5.26. The molecular formula is C16H17N3O3S. The molecule has 0 aliphatic carbocycles. The minimum atomic E-state index is -0.474. The van der Waals surface area contributed by atoms with Crippen LogP contribution in [-0.4, -0.2) is 17.1 Å². The molecule has 23 heavy (non-hydrogen) atoms. The van der Waals surface area contributed by atoms with Gasteiger partial charge >= 0.3 is 0 Å². The van der Waals surface area contributed by atoms with Crippen LogP contribution in [0.4, 0.5) is 17.1 Å². The third kappa shape index (κ3) is 4.40. The minimum Gasteiger partial charge on any atom is -0.494 e. The van der Waals surface area contributed by atoms with Crippen LogP contribution in [0.5, 0.6) is 5.75 Å². The highest BCUT2D eigenvalue weighted by Crippen LogP contribution is 2.29. The van der Waals surface area contributed by atoms with Gasteiger partial charge in [0.05, 0.1) is 23.8 Å². The van der Waals surface area contributed by atoms with E-state index in [1.165, 1.54) is 24.8 Å². The molecule has 0 amide bonds. The number of hydrogen-bond acceptors (Lipinski definition) is 4. The number of methoxy groups -OCH3 is 1. The highest BCUT2D eigenvalue weighted by atomic mass is 32.1. The monoisotopic (exact) mass is 331 g/mol. The lowest BCUT2D eigenvalue weighted by Gasteiger charge is -2.13. The third-order valence-electron chi connectivity index (χ3n) is 3.26. The number of nitrogens with zero attached hydrogens (tertiary/aromatic N) is 1. The number of ether oxygens (including phenoxy) is 1. The molecule has 7 heteroatoms. The molecule has 0 unspecified atom stereocenters. The fourth-order valence-electron chi connectivity index (χ4n) is 2.01. The molecule has 0 heterocycles. The number of rotatable bonds is 5. The van der Waals surface area contributed by atoms with Crippen LogP contribution in [0.2, 0.25) is 0 Å². The van der Waals surface area contributed by atoms with Gasteiger partial charge in [0, 0.05) is 11.8 Å². The van der Waals surface area contributed by atoms with E-state index in [0.29, 0.717) is 16.5 Å². The molecule has 2 aromatic carbocycles. The summed E-state index contributed by atoms with van der Waals surface area (Å²) in [5.41, 5.74) is 2.62. The van der Waals surface area contributed by atoms with Crippen molar-refractivity contribution in [1.29, 1.82) is 0 Å². The molecule has 6 nitrogen and oxygen atoms in total. The predicted molar refractivity (Wildman–Crippen MR) is 95.3 cm³/mol. The van der Waals surface area contributed by atoms with Crippen LogP contribution in [-0.2, 0) is 6.42 Å². The van der Waals surface area contributed by atoms with Crippen molar-refractivity contribution in [3.63, 3.8) is 0 Å². The summed E-state index contributed by atoms with van der Waals surface area (Å²) in [7, 11) is 1.45. The Kier molecular flexibility index (Phi) is 5.48. The molecule has 0 saturated heterocycles. The molecule has 0 aliphatic heterocycles. The maximum absolute atomic E-state index is 10.8. The Hall–Kier alpha value is -2.67. The van der Waals surface area contributed by atoms with Gasteiger partial charge in [0.2, 0.25) is 0 Å². The SMILES string of the molecule is CCc1ccc(NC(=S)Nc2ccc([N+](=O)[O-])cc2OC)cc1. The lowest BCUT2D eigenvalue weighted by Crippen LogP contribution is -2.19. The molecule has 0 spiro atoms. The first-order valence-electron chi connectivity index (χ1n) is 7.03. The highest BCUT2D eigenvalue weighted by molar-refractivity contribution is 7.80. The summed E-state index contributed by atoms with van der Waals surface area (Å²) in [6.45, 7) is 2.09. The zero-order chi connectivity index (χ0) is 16.8. The third-order valence-corrected chi connectivity index (χ3v) is 3.47. The summed E-state index contributed by atoms with van der Waals surface area (Å²) in [5, 5.41) is 17.2. The van der Waals surface area contributed by atoms with Gasteiger partial charge in [0.1, 0.15) is 5.75 Å². The number of nitro benzene ring substituents is 1. The van der Waals surface area contributed by atoms with Crippen molar-refractivity contribution in [2.24, 2.45) is 0 Å². The average Bonchev–Trinajstić information content (AvgIpc) is 2.55. The summed E-state index contributed by atoms with van der Waals surface area (Å²) in [6, 6.07) is 12.2. The Balaban J connectivity index is 2.08. The zero-order valence-electron chi connectivity index (χ0n) is 12.8. The highest BCUT2D eigenvalue weighted by Gasteiger charge is 2.12. The van der Waals surface area contributed by atoms with Crippen LogP contribution in [0.1, 0.15) is 12.5 Å². The Bertz CT molecular complexity index is 717. The van der Waals surface area contributed by atoms with Crippen LogP contribution in [0.15, 0.2) is 42.5 Å². The van der Waals surface area contributed by atoms with Gasteiger partial charge in [0.25, 0.3) is 5.69 Å². The van der Waals surface area contributed by atoms with E-state index < -0.39 is 4.92 Å². The molecule has 0 aliphatic rings. The summed E-state index contributed by atoms with van der Waals surface area (Å²) in [5.74, 6) is 0.352. The van der Waals surface area contributed by atoms with Crippen LogP contribution in [0.25, 0.3) is 0 Å². The molecule has 0 aromatic heterocycles. The second-order valence-corrected chi connectivity index (χ2v) is 5.18.